The largest absolute Gasteiger partial charge is 0.350 e. The second-order valence-corrected chi connectivity index (χ2v) is 6.29. The van der Waals surface area contributed by atoms with Gasteiger partial charge in [-0.15, -0.1) is 11.3 Å². The minimum Gasteiger partial charge on any atom is -0.350 e. The molecule has 2 rings (SSSR count). The summed E-state index contributed by atoms with van der Waals surface area (Å²) in [6, 6.07) is 3.93. The fourth-order valence-electron chi connectivity index (χ4n) is 2.16. The first kappa shape index (κ1) is 15.0. The van der Waals surface area contributed by atoms with Gasteiger partial charge in [-0.2, -0.15) is 0 Å². The Morgan fingerprint density at radius 3 is 2.85 bits per heavy atom. The van der Waals surface area contributed by atoms with E-state index in [-0.39, 0.29) is 24.3 Å². The van der Waals surface area contributed by atoms with Gasteiger partial charge in [-0.3, -0.25) is 9.59 Å². The Bertz CT molecular complexity index is 457. The van der Waals surface area contributed by atoms with Crippen molar-refractivity contribution in [3.63, 3.8) is 0 Å². The lowest BCUT2D eigenvalue weighted by Gasteiger charge is -2.33. The first-order valence-electron chi connectivity index (χ1n) is 6.82. The quantitative estimate of drug-likeness (QED) is 0.811. The maximum absolute atomic E-state index is 12.2. The number of nitrogens with zero attached hydrogens (tertiary/aromatic N) is 1. The summed E-state index contributed by atoms with van der Waals surface area (Å²) in [5.74, 6) is 0.307. The summed E-state index contributed by atoms with van der Waals surface area (Å²) in [5, 5.41) is 7.97. The van der Waals surface area contributed by atoms with Crippen molar-refractivity contribution in [3.05, 3.63) is 22.4 Å². The number of likely N-dealkylation sites (N-methyl/N-ethyl adjacent to an activating group) is 1. The predicted molar refractivity (Wildman–Crippen MR) is 79.3 cm³/mol. The van der Waals surface area contributed by atoms with Crippen LogP contribution in [0.5, 0.6) is 0 Å². The summed E-state index contributed by atoms with van der Waals surface area (Å²) in [5.41, 5.74) is 0. The van der Waals surface area contributed by atoms with Crippen LogP contribution in [0.15, 0.2) is 17.5 Å². The van der Waals surface area contributed by atoms with Gasteiger partial charge in [-0.05, 0) is 30.5 Å². The zero-order valence-electron chi connectivity index (χ0n) is 11.9. The highest BCUT2D eigenvalue weighted by Gasteiger charge is 2.30. The predicted octanol–water partition coefficient (Wildman–Crippen LogP) is 0.678. The lowest BCUT2D eigenvalue weighted by atomic mass is 9.88. The van der Waals surface area contributed by atoms with Gasteiger partial charge in [0.05, 0.1) is 13.1 Å². The average molecular weight is 295 g/mol. The fourth-order valence-corrected chi connectivity index (χ4v) is 2.81. The van der Waals surface area contributed by atoms with E-state index >= 15 is 0 Å². The van der Waals surface area contributed by atoms with Crippen LogP contribution in [0.25, 0.3) is 0 Å². The van der Waals surface area contributed by atoms with Crippen LogP contribution in [0, 0.1) is 11.8 Å². The molecular formula is C14H21N3O2S. The van der Waals surface area contributed by atoms with E-state index in [4.69, 9.17) is 0 Å². The average Bonchev–Trinajstić information content (AvgIpc) is 2.86. The van der Waals surface area contributed by atoms with Crippen LogP contribution in [0.2, 0.25) is 0 Å². The van der Waals surface area contributed by atoms with Crippen LogP contribution in [0.4, 0.5) is 0 Å². The molecule has 1 aromatic rings. The van der Waals surface area contributed by atoms with Gasteiger partial charge in [0.15, 0.2) is 0 Å². The molecule has 1 saturated heterocycles. The Labute approximate surface area is 123 Å². The fraction of sp³-hybridized carbons (Fsp3) is 0.571. The highest BCUT2D eigenvalue weighted by molar-refractivity contribution is 7.09. The second kappa shape index (κ2) is 6.85. The monoisotopic (exact) mass is 295 g/mol. The smallest absolute Gasteiger partial charge is 0.239 e. The number of rotatable bonds is 6. The number of hydrogen-bond donors (Lipinski definition) is 2. The summed E-state index contributed by atoms with van der Waals surface area (Å²) < 4.78 is 0. The molecule has 2 heterocycles. The van der Waals surface area contributed by atoms with Gasteiger partial charge in [0.2, 0.25) is 11.8 Å². The molecule has 1 atom stereocenters. The Kier molecular flexibility index (Phi) is 5.14. The molecule has 0 aliphatic carbocycles. The molecule has 0 spiro atoms. The molecule has 1 aromatic heterocycles. The molecule has 1 unspecified atom stereocenters. The molecule has 5 nitrogen and oxygen atoms in total. The third-order valence-electron chi connectivity index (χ3n) is 3.71. The van der Waals surface area contributed by atoms with Crippen molar-refractivity contribution in [1.82, 2.24) is 15.5 Å². The van der Waals surface area contributed by atoms with E-state index in [0.29, 0.717) is 12.5 Å². The minimum atomic E-state index is -0.117. The molecule has 1 aliphatic heterocycles. The van der Waals surface area contributed by atoms with Crippen LogP contribution in [0.1, 0.15) is 11.8 Å². The van der Waals surface area contributed by atoms with Crippen molar-refractivity contribution in [2.45, 2.75) is 13.5 Å². The Balaban J connectivity index is 1.73. The molecule has 1 fully saturated rings. The molecule has 0 radical (unpaired) electrons. The van der Waals surface area contributed by atoms with Gasteiger partial charge in [0, 0.05) is 17.8 Å². The van der Waals surface area contributed by atoms with Crippen molar-refractivity contribution in [1.29, 1.82) is 0 Å². The molecular weight excluding hydrogens is 274 g/mol. The summed E-state index contributed by atoms with van der Waals surface area (Å²) in [6.45, 7) is 4.37. The van der Waals surface area contributed by atoms with E-state index in [1.165, 1.54) is 4.90 Å². The van der Waals surface area contributed by atoms with Crippen molar-refractivity contribution in [3.8, 4) is 0 Å². The van der Waals surface area contributed by atoms with Gasteiger partial charge < -0.3 is 15.5 Å². The Morgan fingerprint density at radius 1 is 1.55 bits per heavy atom. The molecule has 1 aliphatic rings. The maximum Gasteiger partial charge on any atom is 0.239 e. The van der Waals surface area contributed by atoms with Crippen LogP contribution in [-0.2, 0) is 16.1 Å². The lowest BCUT2D eigenvalue weighted by molar-refractivity contribution is -0.139. The van der Waals surface area contributed by atoms with E-state index in [9.17, 15) is 9.59 Å². The molecule has 20 heavy (non-hydrogen) atoms. The van der Waals surface area contributed by atoms with Crippen LogP contribution >= 0.6 is 11.3 Å². The van der Waals surface area contributed by atoms with Crippen LogP contribution in [-0.4, -0.2) is 43.4 Å². The zero-order chi connectivity index (χ0) is 14.5. The van der Waals surface area contributed by atoms with Gasteiger partial charge in [-0.25, -0.2) is 0 Å². The van der Waals surface area contributed by atoms with Crippen molar-refractivity contribution in [2.75, 3.05) is 26.7 Å². The normalized spacial score (nSPS) is 16.3. The van der Waals surface area contributed by atoms with Gasteiger partial charge in [-0.1, -0.05) is 13.0 Å². The number of nitrogens with one attached hydrogen (secondary N) is 2. The van der Waals surface area contributed by atoms with E-state index in [2.05, 4.69) is 10.6 Å². The standard InChI is InChI=1S/C14H21N3O2S/c1-10(11-6-15-7-11)14(19)17(2)9-13(18)16-8-12-4-3-5-20-12/h3-5,10-11,15H,6-9H2,1-2H3,(H,16,18). The Morgan fingerprint density at radius 2 is 2.30 bits per heavy atom. The first-order chi connectivity index (χ1) is 9.58. The zero-order valence-corrected chi connectivity index (χ0v) is 12.7. The van der Waals surface area contributed by atoms with Crippen molar-refractivity contribution < 1.29 is 9.59 Å². The third kappa shape index (κ3) is 3.80. The van der Waals surface area contributed by atoms with E-state index in [0.717, 1.165) is 18.0 Å². The van der Waals surface area contributed by atoms with Crippen LogP contribution in [0.3, 0.4) is 0 Å². The van der Waals surface area contributed by atoms with E-state index < -0.39 is 0 Å². The van der Waals surface area contributed by atoms with Crippen LogP contribution < -0.4 is 10.6 Å². The minimum absolute atomic E-state index is 0.0219. The molecule has 110 valence electrons. The highest BCUT2D eigenvalue weighted by atomic mass is 32.1. The maximum atomic E-state index is 12.2. The summed E-state index contributed by atoms with van der Waals surface area (Å²) >= 11 is 1.61. The topological polar surface area (TPSA) is 61.4 Å². The summed E-state index contributed by atoms with van der Waals surface area (Å²) in [6.07, 6.45) is 0. The molecule has 0 bridgehead atoms. The van der Waals surface area contributed by atoms with Gasteiger partial charge in [0.25, 0.3) is 0 Å². The van der Waals surface area contributed by atoms with Crippen molar-refractivity contribution in [2.24, 2.45) is 11.8 Å². The van der Waals surface area contributed by atoms with E-state index in [1.807, 2.05) is 24.4 Å². The summed E-state index contributed by atoms with van der Waals surface area (Å²) in [4.78, 5) is 26.6. The number of amides is 2. The molecule has 0 aromatic carbocycles. The Hall–Kier alpha value is -1.40. The number of carbonyl (C=O) groups excluding carboxylic acids is 2. The number of hydrogen-bond acceptors (Lipinski definition) is 4. The molecule has 2 N–H and O–H groups in total. The second-order valence-electron chi connectivity index (χ2n) is 5.26. The third-order valence-corrected chi connectivity index (χ3v) is 4.58. The van der Waals surface area contributed by atoms with Gasteiger partial charge >= 0.3 is 0 Å². The van der Waals surface area contributed by atoms with E-state index in [1.54, 1.807) is 18.4 Å². The first-order valence-corrected chi connectivity index (χ1v) is 7.70. The summed E-state index contributed by atoms with van der Waals surface area (Å²) in [7, 11) is 1.69. The lowest BCUT2D eigenvalue weighted by Crippen LogP contribution is -2.50. The number of thiophene rings is 1. The molecule has 0 saturated carbocycles. The number of carbonyl (C=O) groups is 2. The van der Waals surface area contributed by atoms with Gasteiger partial charge in [0.1, 0.15) is 0 Å². The van der Waals surface area contributed by atoms with Crippen molar-refractivity contribution >= 4 is 23.2 Å². The highest BCUT2D eigenvalue weighted by Crippen LogP contribution is 2.17. The molecule has 6 heteroatoms. The molecule has 2 amide bonds. The SMILES string of the molecule is CC(C(=O)N(C)CC(=O)NCc1cccs1)C1CNC1.